The minimum Gasteiger partial charge on any atom is -0.332 e. The van der Waals surface area contributed by atoms with Crippen LogP contribution < -0.4 is 0 Å². The predicted octanol–water partition coefficient (Wildman–Crippen LogP) is 5.68. The van der Waals surface area contributed by atoms with Crippen LogP contribution in [0.2, 0.25) is 10.0 Å². The van der Waals surface area contributed by atoms with Gasteiger partial charge in [-0.15, -0.1) is 0 Å². The van der Waals surface area contributed by atoms with Crippen molar-refractivity contribution in [3.05, 3.63) is 81.7 Å². The SMILES string of the molecule is CC.O=C(c1cccc(Cl)c1Cl)N1CCc2c(ncnc2-c2ccccc2)C1. The summed E-state index contributed by atoms with van der Waals surface area (Å²) < 4.78 is 0. The van der Waals surface area contributed by atoms with Gasteiger partial charge in [0.1, 0.15) is 6.33 Å². The fourth-order valence-electron chi connectivity index (χ4n) is 3.21. The standard InChI is InChI=1S/C20H15Cl2N3O.C2H6/c21-16-8-4-7-15(18(16)22)20(26)25-10-9-14-17(11-25)23-12-24-19(14)13-5-2-1-3-6-13;1-2/h1-8,12H,9-11H2;1-2H3. The molecule has 0 bridgehead atoms. The lowest BCUT2D eigenvalue weighted by atomic mass is 9.98. The van der Waals surface area contributed by atoms with Crippen LogP contribution in [0, 0.1) is 0 Å². The molecule has 0 atom stereocenters. The summed E-state index contributed by atoms with van der Waals surface area (Å²) in [7, 11) is 0. The molecule has 0 unspecified atom stereocenters. The molecule has 1 aromatic heterocycles. The third-order valence-corrected chi connectivity index (χ3v) is 5.34. The van der Waals surface area contributed by atoms with E-state index in [1.54, 1.807) is 29.4 Å². The van der Waals surface area contributed by atoms with Crippen LogP contribution in [0.25, 0.3) is 11.3 Å². The number of rotatable bonds is 2. The molecule has 0 aliphatic carbocycles. The van der Waals surface area contributed by atoms with Crippen LogP contribution in [0.5, 0.6) is 0 Å². The van der Waals surface area contributed by atoms with Gasteiger partial charge in [-0.2, -0.15) is 0 Å². The van der Waals surface area contributed by atoms with E-state index in [1.165, 1.54) is 0 Å². The fraction of sp³-hybridized carbons (Fsp3) is 0.227. The van der Waals surface area contributed by atoms with Gasteiger partial charge in [-0.1, -0.05) is 73.4 Å². The number of hydrogen-bond acceptors (Lipinski definition) is 3. The molecule has 0 radical (unpaired) electrons. The number of nitrogens with zero attached hydrogens (tertiary/aromatic N) is 3. The summed E-state index contributed by atoms with van der Waals surface area (Å²) in [5, 5.41) is 0.668. The van der Waals surface area contributed by atoms with E-state index in [0.29, 0.717) is 30.1 Å². The van der Waals surface area contributed by atoms with Gasteiger partial charge in [-0.25, -0.2) is 9.97 Å². The fourth-order valence-corrected chi connectivity index (χ4v) is 3.59. The highest BCUT2D eigenvalue weighted by Gasteiger charge is 2.26. The van der Waals surface area contributed by atoms with Crippen molar-refractivity contribution in [3.63, 3.8) is 0 Å². The highest BCUT2D eigenvalue weighted by Crippen LogP contribution is 2.30. The Morgan fingerprint density at radius 3 is 2.50 bits per heavy atom. The number of aromatic nitrogens is 2. The average Bonchev–Trinajstić information content (AvgIpc) is 2.76. The zero-order valence-corrected chi connectivity index (χ0v) is 17.3. The zero-order valence-electron chi connectivity index (χ0n) is 15.8. The lowest BCUT2D eigenvalue weighted by Crippen LogP contribution is -2.37. The van der Waals surface area contributed by atoms with E-state index in [2.05, 4.69) is 9.97 Å². The third kappa shape index (κ3) is 4.03. The summed E-state index contributed by atoms with van der Waals surface area (Å²) in [6, 6.07) is 15.1. The number of carbonyl (C=O) groups excluding carboxylic acids is 1. The molecule has 4 rings (SSSR count). The van der Waals surface area contributed by atoms with Crippen molar-refractivity contribution in [2.24, 2.45) is 0 Å². The number of carbonyl (C=O) groups is 1. The summed E-state index contributed by atoms with van der Waals surface area (Å²) in [5.41, 5.74) is 4.38. The van der Waals surface area contributed by atoms with Gasteiger partial charge in [0.05, 0.1) is 33.5 Å². The van der Waals surface area contributed by atoms with E-state index in [1.807, 2.05) is 44.2 Å². The summed E-state index contributed by atoms with van der Waals surface area (Å²) >= 11 is 12.3. The summed E-state index contributed by atoms with van der Waals surface area (Å²) in [4.78, 5) is 23.5. The Bertz CT molecular complexity index is 977. The second-order valence-corrected chi connectivity index (χ2v) is 6.88. The quantitative estimate of drug-likeness (QED) is 0.542. The van der Waals surface area contributed by atoms with Crippen LogP contribution >= 0.6 is 23.2 Å². The van der Waals surface area contributed by atoms with Crippen molar-refractivity contribution in [1.29, 1.82) is 0 Å². The van der Waals surface area contributed by atoms with Crippen molar-refractivity contribution in [2.45, 2.75) is 26.8 Å². The van der Waals surface area contributed by atoms with E-state index < -0.39 is 0 Å². The Kier molecular flexibility index (Phi) is 6.65. The van der Waals surface area contributed by atoms with Crippen LogP contribution in [-0.2, 0) is 13.0 Å². The molecule has 1 aliphatic heterocycles. The largest absolute Gasteiger partial charge is 0.332 e. The molecule has 1 amide bonds. The van der Waals surface area contributed by atoms with E-state index >= 15 is 0 Å². The molecule has 0 saturated carbocycles. The number of hydrogen-bond donors (Lipinski definition) is 0. The Morgan fingerprint density at radius 1 is 1.00 bits per heavy atom. The molecule has 2 aromatic carbocycles. The molecular formula is C22H21Cl2N3O. The van der Waals surface area contributed by atoms with Gasteiger partial charge in [0.25, 0.3) is 5.91 Å². The minimum absolute atomic E-state index is 0.136. The molecule has 2 heterocycles. The Labute approximate surface area is 175 Å². The summed E-state index contributed by atoms with van der Waals surface area (Å²) in [6.07, 6.45) is 2.26. The number of amides is 1. The second-order valence-electron chi connectivity index (χ2n) is 6.09. The van der Waals surface area contributed by atoms with Crippen molar-refractivity contribution in [3.8, 4) is 11.3 Å². The number of halogens is 2. The first-order valence-corrected chi connectivity index (χ1v) is 10.0. The number of fused-ring (bicyclic) bond motifs is 1. The minimum atomic E-state index is -0.136. The van der Waals surface area contributed by atoms with E-state index in [-0.39, 0.29) is 10.9 Å². The maximum Gasteiger partial charge on any atom is 0.255 e. The first-order valence-electron chi connectivity index (χ1n) is 9.26. The van der Waals surface area contributed by atoms with Crippen molar-refractivity contribution < 1.29 is 4.79 Å². The van der Waals surface area contributed by atoms with Crippen molar-refractivity contribution in [2.75, 3.05) is 6.54 Å². The second kappa shape index (κ2) is 9.18. The van der Waals surface area contributed by atoms with Gasteiger partial charge in [0, 0.05) is 17.7 Å². The highest BCUT2D eigenvalue weighted by molar-refractivity contribution is 6.43. The average molecular weight is 414 g/mol. The van der Waals surface area contributed by atoms with E-state index in [4.69, 9.17) is 23.2 Å². The molecule has 0 N–H and O–H groups in total. The first kappa shape index (κ1) is 20.3. The monoisotopic (exact) mass is 413 g/mol. The zero-order chi connectivity index (χ0) is 20.1. The molecule has 144 valence electrons. The van der Waals surface area contributed by atoms with Crippen LogP contribution in [0.15, 0.2) is 54.9 Å². The van der Waals surface area contributed by atoms with Crippen LogP contribution in [-0.4, -0.2) is 27.3 Å². The van der Waals surface area contributed by atoms with Gasteiger partial charge in [-0.3, -0.25) is 4.79 Å². The Morgan fingerprint density at radius 2 is 1.75 bits per heavy atom. The van der Waals surface area contributed by atoms with Crippen LogP contribution in [0.3, 0.4) is 0 Å². The Hall–Kier alpha value is -2.43. The molecule has 3 aromatic rings. The van der Waals surface area contributed by atoms with Crippen molar-refractivity contribution in [1.82, 2.24) is 14.9 Å². The first-order chi connectivity index (χ1) is 13.6. The van der Waals surface area contributed by atoms with Crippen LogP contribution in [0.4, 0.5) is 0 Å². The number of benzene rings is 2. The lowest BCUT2D eigenvalue weighted by molar-refractivity contribution is 0.0732. The highest BCUT2D eigenvalue weighted by atomic mass is 35.5. The van der Waals surface area contributed by atoms with E-state index in [0.717, 1.165) is 22.5 Å². The smallest absolute Gasteiger partial charge is 0.255 e. The molecule has 4 nitrogen and oxygen atoms in total. The van der Waals surface area contributed by atoms with Crippen LogP contribution in [0.1, 0.15) is 35.5 Å². The van der Waals surface area contributed by atoms with Gasteiger partial charge in [-0.05, 0) is 18.6 Å². The van der Waals surface area contributed by atoms with Gasteiger partial charge in [0.2, 0.25) is 0 Å². The van der Waals surface area contributed by atoms with Gasteiger partial charge >= 0.3 is 0 Å². The molecule has 0 fully saturated rings. The van der Waals surface area contributed by atoms with Gasteiger partial charge < -0.3 is 4.90 Å². The molecule has 1 aliphatic rings. The normalized spacial score (nSPS) is 12.6. The molecular weight excluding hydrogens is 393 g/mol. The Balaban J connectivity index is 0.00000109. The molecule has 28 heavy (non-hydrogen) atoms. The topological polar surface area (TPSA) is 46.1 Å². The lowest BCUT2D eigenvalue weighted by Gasteiger charge is -2.29. The van der Waals surface area contributed by atoms with Gasteiger partial charge in [0.15, 0.2) is 0 Å². The molecule has 6 heteroatoms. The molecule has 0 saturated heterocycles. The molecule has 0 spiro atoms. The maximum absolute atomic E-state index is 12.9. The summed E-state index contributed by atoms with van der Waals surface area (Å²) in [6.45, 7) is 5.02. The van der Waals surface area contributed by atoms with E-state index in [9.17, 15) is 4.79 Å². The third-order valence-electron chi connectivity index (χ3n) is 4.52. The summed E-state index contributed by atoms with van der Waals surface area (Å²) in [5.74, 6) is -0.136. The van der Waals surface area contributed by atoms with Crippen molar-refractivity contribution >= 4 is 29.1 Å². The predicted molar refractivity (Wildman–Crippen MR) is 114 cm³/mol. The maximum atomic E-state index is 12.9.